The van der Waals surface area contributed by atoms with Crippen LogP contribution in [0.5, 0.6) is 0 Å². The summed E-state index contributed by atoms with van der Waals surface area (Å²) in [7, 11) is 0. The first-order valence-electron chi connectivity index (χ1n) is 6.87. The summed E-state index contributed by atoms with van der Waals surface area (Å²) in [4.78, 5) is 24.7. The van der Waals surface area contributed by atoms with E-state index in [1.165, 1.54) is 16.7 Å². The average molecular weight is 368 g/mol. The third-order valence-electron chi connectivity index (χ3n) is 3.02. The van der Waals surface area contributed by atoms with Gasteiger partial charge >= 0.3 is 5.97 Å². The Balaban J connectivity index is 2.06. The molecule has 4 nitrogen and oxygen atoms in total. The molecule has 0 aromatic heterocycles. The molecule has 0 aliphatic carbocycles. The van der Waals surface area contributed by atoms with Crippen LogP contribution in [0.3, 0.4) is 0 Å². The fraction of sp³-hybridized carbons (Fsp3) is 0.188. The third kappa shape index (κ3) is 5.20. The monoisotopic (exact) mass is 367 g/mol. The van der Waals surface area contributed by atoms with Crippen molar-refractivity contribution in [1.82, 2.24) is 4.90 Å². The molecule has 7 heteroatoms. The summed E-state index contributed by atoms with van der Waals surface area (Å²) in [6.07, 6.45) is 3.72. The summed E-state index contributed by atoms with van der Waals surface area (Å²) in [6.45, 7) is 0.300. The molecule has 1 amide bonds. The molecule has 0 saturated carbocycles. The normalized spacial score (nSPS) is 17.2. The summed E-state index contributed by atoms with van der Waals surface area (Å²) < 4.78 is 0.427. The van der Waals surface area contributed by atoms with Crippen molar-refractivity contribution in [2.24, 2.45) is 0 Å². The number of nitrogens with zero attached hydrogens (tertiary/aromatic N) is 1. The number of hydrogen-bond acceptors (Lipinski definition) is 4. The molecule has 2 rings (SSSR count). The topological polar surface area (TPSA) is 57.6 Å². The summed E-state index contributed by atoms with van der Waals surface area (Å²) in [5.74, 6) is -1.12. The molecule has 1 N–H and O–H groups in total. The predicted molar refractivity (Wildman–Crippen MR) is 97.1 cm³/mol. The van der Waals surface area contributed by atoms with Gasteiger partial charge in [0.25, 0.3) is 5.91 Å². The third-order valence-corrected chi connectivity index (χ3v) is 4.62. The van der Waals surface area contributed by atoms with Gasteiger partial charge in [0.15, 0.2) is 0 Å². The van der Waals surface area contributed by atoms with Crippen molar-refractivity contribution in [2.45, 2.75) is 12.8 Å². The largest absolute Gasteiger partial charge is 0.481 e. The van der Waals surface area contributed by atoms with E-state index >= 15 is 0 Å². The van der Waals surface area contributed by atoms with Crippen LogP contribution in [0.25, 0.3) is 6.08 Å². The van der Waals surface area contributed by atoms with E-state index in [1.807, 2.05) is 30.3 Å². The molecule has 0 spiro atoms. The van der Waals surface area contributed by atoms with Gasteiger partial charge in [0.05, 0.1) is 4.91 Å². The highest BCUT2D eigenvalue weighted by Gasteiger charge is 2.31. The lowest BCUT2D eigenvalue weighted by atomic mass is 10.2. The van der Waals surface area contributed by atoms with Crippen LogP contribution in [-0.4, -0.2) is 32.7 Å². The number of amides is 1. The number of carboxylic acids is 1. The first-order valence-corrected chi connectivity index (χ1v) is 8.47. The van der Waals surface area contributed by atoms with Gasteiger partial charge in [-0.3, -0.25) is 14.5 Å². The minimum atomic E-state index is -0.889. The van der Waals surface area contributed by atoms with Gasteiger partial charge in [-0.2, -0.15) is 0 Å². The van der Waals surface area contributed by atoms with Gasteiger partial charge in [-0.1, -0.05) is 65.9 Å². The van der Waals surface area contributed by atoms with Crippen molar-refractivity contribution in [3.8, 4) is 0 Å². The van der Waals surface area contributed by atoms with Crippen molar-refractivity contribution < 1.29 is 14.7 Å². The number of carbonyl (C=O) groups excluding carboxylic acids is 1. The van der Waals surface area contributed by atoms with Crippen LogP contribution in [-0.2, 0) is 9.59 Å². The second kappa shape index (κ2) is 8.29. The van der Waals surface area contributed by atoms with E-state index in [0.717, 1.165) is 5.56 Å². The van der Waals surface area contributed by atoms with Crippen molar-refractivity contribution >= 4 is 57.9 Å². The van der Waals surface area contributed by atoms with Crippen LogP contribution in [0.15, 0.2) is 46.3 Å². The van der Waals surface area contributed by atoms with Gasteiger partial charge < -0.3 is 5.11 Å². The first kappa shape index (κ1) is 17.7. The Kier molecular flexibility index (Phi) is 6.38. The minimum Gasteiger partial charge on any atom is -0.481 e. The Morgan fingerprint density at radius 1 is 1.35 bits per heavy atom. The van der Waals surface area contributed by atoms with Crippen molar-refractivity contribution in [1.29, 1.82) is 0 Å². The average Bonchev–Trinajstić information content (AvgIpc) is 2.75. The smallest absolute Gasteiger partial charge is 0.303 e. The van der Waals surface area contributed by atoms with Crippen LogP contribution in [0.2, 0.25) is 0 Å². The van der Waals surface area contributed by atoms with Crippen molar-refractivity contribution in [3.05, 3.63) is 51.9 Å². The predicted octanol–water partition coefficient (Wildman–Crippen LogP) is 3.88. The van der Waals surface area contributed by atoms with E-state index in [9.17, 15) is 9.59 Å². The summed E-state index contributed by atoms with van der Waals surface area (Å²) >= 11 is 12.5. The number of hydrogen-bond donors (Lipinski definition) is 1. The Morgan fingerprint density at radius 3 is 2.70 bits per heavy atom. The molecule has 23 heavy (non-hydrogen) atoms. The number of benzene rings is 1. The molecule has 1 saturated heterocycles. The second-order valence-electron chi connectivity index (χ2n) is 4.77. The molecule has 1 aliphatic heterocycles. The zero-order valence-electron chi connectivity index (χ0n) is 12.1. The molecule has 1 aliphatic rings. The Bertz CT molecular complexity index is 686. The van der Waals surface area contributed by atoms with Crippen LogP contribution >= 0.6 is 35.6 Å². The molecule has 1 aromatic rings. The van der Waals surface area contributed by atoms with Crippen LogP contribution in [0.4, 0.5) is 0 Å². The van der Waals surface area contributed by atoms with E-state index < -0.39 is 5.97 Å². The van der Waals surface area contributed by atoms with Crippen molar-refractivity contribution in [2.75, 3.05) is 6.54 Å². The lowest BCUT2D eigenvalue weighted by molar-refractivity contribution is -0.137. The zero-order valence-corrected chi connectivity index (χ0v) is 14.5. The Labute approximate surface area is 148 Å². The quantitative estimate of drug-likeness (QED) is 0.611. The molecule has 0 bridgehead atoms. The Hall–Kier alpha value is -1.63. The number of carbonyl (C=O) groups is 2. The fourth-order valence-corrected chi connectivity index (χ4v) is 3.56. The highest BCUT2D eigenvalue weighted by Crippen LogP contribution is 2.32. The summed E-state index contributed by atoms with van der Waals surface area (Å²) in [5.41, 5.74) is 0.936. The van der Waals surface area contributed by atoms with Crippen LogP contribution < -0.4 is 0 Å². The van der Waals surface area contributed by atoms with E-state index in [0.29, 0.717) is 27.2 Å². The van der Waals surface area contributed by atoms with Gasteiger partial charge in [0.1, 0.15) is 4.32 Å². The molecular weight excluding hydrogens is 354 g/mol. The van der Waals surface area contributed by atoms with Gasteiger partial charge in [-0.15, -0.1) is 0 Å². The second-order valence-corrected chi connectivity index (χ2v) is 6.88. The van der Waals surface area contributed by atoms with Gasteiger partial charge in [0.2, 0.25) is 0 Å². The molecule has 0 atom stereocenters. The lowest BCUT2D eigenvalue weighted by Gasteiger charge is -2.13. The highest BCUT2D eigenvalue weighted by molar-refractivity contribution is 8.26. The number of aliphatic carboxylic acids is 1. The van der Waals surface area contributed by atoms with Gasteiger partial charge in [0, 0.05) is 18.0 Å². The maximum atomic E-state index is 12.3. The summed E-state index contributed by atoms with van der Waals surface area (Å²) in [5, 5.41) is 9.09. The molecule has 1 heterocycles. The lowest BCUT2D eigenvalue weighted by Crippen LogP contribution is -2.29. The molecule has 1 fully saturated rings. The number of rotatable bonds is 6. The van der Waals surface area contributed by atoms with E-state index in [1.54, 1.807) is 12.2 Å². The minimum absolute atomic E-state index is 0.00474. The van der Waals surface area contributed by atoms with Crippen LogP contribution in [0, 0.1) is 0 Å². The highest BCUT2D eigenvalue weighted by atomic mass is 35.5. The number of halogens is 1. The fourth-order valence-electron chi connectivity index (χ4n) is 1.96. The SMILES string of the molecule is O=C(O)CCCN1C(=O)/C(=C\C(Cl)=C\c2ccccc2)SC1=S. The van der Waals surface area contributed by atoms with Crippen LogP contribution in [0.1, 0.15) is 18.4 Å². The van der Waals surface area contributed by atoms with Crippen molar-refractivity contribution in [3.63, 3.8) is 0 Å². The molecule has 1 aromatic carbocycles. The molecular formula is C16H14ClNO3S2. The number of allylic oxidation sites excluding steroid dienone is 2. The Morgan fingerprint density at radius 2 is 2.04 bits per heavy atom. The van der Waals surface area contributed by atoms with E-state index in [4.69, 9.17) is 28.9 Å². The standard InChI is InChI=1S/C16H14ClNO3S2/c17-12(9-11-5-2-1-3-6-11)10-13-15(21)18(16(22)23-13)8-4-7-14(19)20/h1-3,5-6,9-10H,4,7-8H2,(H,19,20)/b12-9-,13-10+. The number of thiocarbonyl (C=S) groups is 1. The van der Waals surface area contributed by atoms with E-state index in [2.05, 4.69) is 0 Å². The van der Waals surface area contributed by atoms with Gasteiger partial charge in [-0.05, 0) is 24.1 Å². The number of thioether (sulfide) groups is 1. The summed E-state index contributed by atoms with van der Waals surface area (Å²) in [6, 6.07) is 9.53. The first-order chi connectivity index (χ1) is 11.0. The molecule has 120 valence electrons. The number of carboxylic acid groups (broad SMARTS) is 1. The molecule has 0 unspecified atom stereocenters. The maximum absolute atomic E-state index is 12.3. The van der Waals surface area contributed by atoms with E-state index in [-0.39, 0.29) is 12.3 Å². The van der Waals surface area contributed by atoms with Gasteiger partial charge in [-0.25, -0.2) is 0 Å². The zero-order chi connectivity index (χ0) is 16.8. The maximum Gasteiger partial charge on any atom is 0.303 e. The molecule has 0 radical (unpaired) electrons.